The van der Waals surface area contributed by atoms with E-state index in [-0.39, 0.29) is 47.8 Å². The zero-order valence-electron chi connectivity index (χ0n) is 20.6. The summed E-state index contributed by atoms with van der Waals surface area (Å²) in [7, 11) is 0. The third-order valence-corrected chi connectivity index (χ3v) is 8.65. The molecule has 2 fully saturated rings. The van der Waals surface area contributed by atoms with Gasteiger partial charge >= 0.3 is 11.9 Å². The molecule has 4 heteroatoms. The molecule has 4 aromatic carbocycles. The lowest BCUT2D eigenvalue weighted by Crippen LogP contribution is -2.32. The van der Waals surface area contributed by atoms with Crippen LogP contribution in [0.3, 0.4) is 0 Å². The van der Waals surface area contributed by atoms with E-state index in [9.17, 15) is 9.59 Å². The lowest BCUT2D eigenvalue weighted by atomic mass is 9.87. The van der Waals surface area contributed by atoms with Crippen LogP contribution in [0.4, 0.5) is 0 Å². The number of hydrogen-bond donors (Lipinski definition) is 0. The molecular formula is C31H32O4. The van der Waals surface area contributed by atoms with Crippen LogP contribution in [0.1, 0.15) is 58.1 Å². The number of ether oxygens (including phenoxy) is 2. The first-order valence-corrected chi connectivity index (χ1v) is 13.0. The van der Waals surface area contributed by atoms with Crippen LogP contribution in [0.25, 0.3) is 32.3 Å². The average Bonchev–Trinajstić information content (AvgIpc) is 3.47. The lowest BCUT2D eigenvalue weighted by Gasteiger charge is -2.28. The number of rotatable bonds is 6. The number of benzene rings is 4. The fourth-order valence-electron chi connectivity index (χ4n) is 6.54. The first-order chi connectivity index (χ1) is 16.9. The number of fused-ring (bicyclic) bond motifs is 2. The summed E-state index contributed by atoms with van der Waals surface area (Å²) < 4.78 is 11.9. The van der Waals surface area contributed by atoms with E-state index in [1.165, 1.54) is 26.9 Å². The summed E-state index contributed by atoms with van der Waals surface area (Å²) in [6.07, 6.45) is 2.89. The lowest BCUT2D eigenvalue weighted by molar-refractivity contribution is -0.160. The molecule has 4 aromatic rings. The highest BCUT2D eigenvalue weighted by atomic mass is 16.5. The third-order valence-electron chi connectivity index (χ3n) is 8.65. The van der Waals surface area contributed by atoms with Gasteiger partial charge in [0, 0.05) is 5.56 Å². The van der Waals surface area contributed by atoms with E-state index < -0.39 is 0 Å². The first kappa shape index (κ1) is 22.3. The van der Waals surface area contributed by atoms with Crippen molar-refractivity contribution in [3.05, 3.63) is 60.2 Å². The Kier molecular flexibility index (Phi) is 5.43. The molecule has 0 spiro atoms. The SMILES string of the molecule is CCC(C)C(=O)OC1CC2CC1CC2C(=O)OC(C)c1cc2cccc3ccc4cccc1c4c32. The van der Waals surface area contributed by atoms with E-state index in [0.717, 1.165) is 36.6 Å². The second-order valence-corrected chi connectivity index (χ2v) is 10.7. The molecule has 2 bridgehead atoms. The zero-order valence-corrected chi connectivity index (χ0v) is 20.6. The van der Waals surface area contributed by atoms with Crippen molar-refractivity contribution in [3.63, 3.8) is 0 Å². The van der Waals surface area contributed by atoms with Gasteiger partial charge in [0.15, 0.2) is 0 Å². The van der Waals surface area contributed by atoms with Gasteiger partial charge in [0.2, 0.25) is 0 Å². The highest BCUT2D eigenvalue weighted by molar-refractivity contribution is 6.23. The Balaban J connectivity index is 1.22. The summed E-state index contributed by atoms with van der Waals surface area (Å²) in [5, 5.41) is 7.28. The molecule has 2 aliphatic rings. The van der Waals surface area contributed by atoms with Gasteiger partial charge in [-0.25, -0.2) is 0 Å². The minimum absolute atomic E-state index is 0.0429. The second-order valence-electron chi connectivity index (χ2n) is 10.7. The van der Waals surface area contributed by atoms with Crippen molar-refractivity contribution in [1.82, 2.24) is 0 Å². The van der Waals surface area contributed by atoms with Crippen molar-refractivity contribution in [2.24, 2.45) is 23.7 Å². The van der Waals surface area contributed by atoms with E-state index in [1.54, 1.807) is 0 Å². The van der Waals surface area contributed by atoms with E-state index in [0.29, 0.717) is 0 Å². The number of carbonyl (C=O) groups excluding carboxylic acids is 2. The van der Waals surface area contributed by atoms with Gasteiger partial charge in [-0.2, -0.15) is 0 Å². The van der Waals surface area contributed by atoms with Gasteiger partial charge < -0.3 is 9.47 Å². The zero-order chi connectivity index (χ0) is 24.3. The Bertz CT molecular complexity index is 1420. The molecule has 0 saturated heterocycles. The van der Waals surface area contributed by atoms with Gasteiger partial charge in [0.25, 0.3) is 0 Å². The summed E-state index contributed by atoms with van der Waals surface area (Å²) in [6.45, 7) is 5.90. The van der Waals surface area contributed by atoms with Gasteiger partial charge in [-0.15, -0.1) is 0 Å². The van der Waals surface area contributed by atoms with Crippen LogP contribution in [0.15, 0.2) is 54.6 Å². The molecule has 0 aromatic heterocycles. The molecule has 6 rings (SSSR count). The summed E-state index contributed by atoms with van der Waals surface area (Å²) >= 11 is 0. The number of hydrogen-bond acceptors (Lipinski definition) is 4. The van der Waals surface area contributed by atoms with E-state index >= 15 is 0 Å². The van der Waals surface area contributed by atoms with Crippen molar-refractivity contribution >= 4 is 44.3 Å². The van der Waals surface area contributed by atoms with Crippen LogP contribution in [-0.4, -0.2) is 18.0 Å². The van der Waals surface area contributed by atoms with E-state index in [4.69, 9.17) is 9.47 Å². The van der Waals surface area contributed by atoms with Gasteiger partial charge in [-0.3, -0.25) is 9.59 Å². The van der Waals surface area contributed by atoms with E-state index in [1.807, 2.05) is 20.8 Å². The summed E-state index contributed by atoms with van der Waals surface area (Å²) in [5.74, 6) is 0.130. The maximum atomic E-state index is 13.3. The maximum Gasteiger partial charge on any atom is 0.309 e. The predicted octanol–water partition coefficient (Wildman–Crippen LogP) is 7.19. The standard InChI is InChI=1S/C31H32O4/c1-4-17(2)30(32)35-27-16-22-13-23(27)15-26(22)31(33)34-18(3)25-14-21-9-5-7-19-11-12-20-8-6-10-24(25)29(20)28(19)21/h5-12,14,17-18,22-23,26-27H,4,13,15-16H2,1-3H3. The Morgan fingerprint density at radius 3 is 2.31 bits per heavy atom. The van der Waals surface area contributed by atoms with Crippen LogP contribution < -0.4 is 0 Å². The fourth-order valence-corrected chi connectivity index (χ4v) is 6.54. The molecule has 180 valence electrons. The van der Waals surface area contributed by atoms with E-state index in [2.05, 4.69) is 54.6 Å². The average molecular weight is 469 g/mol. The molecule has 0 radical (unpaired) electrons. The van der Waals surface area contributed by atoms with Gasteiger partial charge in [0.1, 0.15) is 12.2 Å². The molecule has 0 heterocycles. The van der Waals surface area contributed by atoms with Crippen LogP contribution >= 0.6 is 0 Å². The van der Waals surface area contributed by atoms with Crippen LogP contribution in [0.2, 0.25) is 0 Å². The molecule has 0 aliphatic heterocycles. The van der Waals surface area contributed by atoms with Gasteiger partial charge in [0.05, 0.1) is 11.8 Å². The summed E-state index contributed by atoms with van der Waals surface area (Å²) in [6, 6.07) is 19.3. The Morgan fingerprint density at radius 1 is 0.886 bits per heavy atom. The topological polar surface area (TPSA) is 52.6 Å². The molecule has 2 saturated carbocycles. The van der Waals surface area contributed by atoms with Crippen molar-refractivity contribution < 1.29 is 19.1 Å². The monoisotopic (exact) mass is 468 g/mol. The van der Waals surface area contributed by atoms with Crippen molar-refractivity contribution in [1.29, 1.82) is 0 Å². The summed E-state index contributed by atoms with van der Waals surface area (Å²) in [5.41, 5.74) is 1.05. The van der Waals surface area contributed by atoms with Crippen molar-refractivity contribution in [2.45, 2.75) is 58.7 Å². The number of carbonyl (C=O) groups is 2. The van der Waals surface area contributed by atoms with Crippen LogP contribution in [-0.2, 0) is 19.1 Å². The second kappa shape index (κ2) is 8.51. The van der Waals surface area contributed by atoms with Gasteiger partial charge in [-0.1, -0.05) is 62.4 Å². The molecular weight excluding hydrogens is 436 g/mol. The third kappa shape index (κ3) is 3.65. The molecule has 35 heavy (non-hydrogen) atoms. The molecule has 4 nitrogen and oxygen atoms in total. The fraction of sp³-hybridized carbons (Fsp3) is 0.419. The first-order valence-electron chi connectivity index (χ1n) is 13.0. The quantitative estimate of drug-likeness (QED) is 0.222. The smallest absolute Gasteiger partial charge is 0.309 e. The Morgan fingerprint density at radius 2 is 1.60 bits per heavy atom. The van der Waals surface area contributed by atoms with Crippen molar-refractivity contribution in [2.75, 3.05) is 0 Å². The number of esters is 2. The normalized spacial score (nSPS) is 25.3. The minimum Gasteiger partial charge on any atom is -0.462 e. The predicted molar refractivity (Wildman–Crippen MR) is 138 cm³/mol. The molecule has 6 unspecified atom stereocenters. The molecule has 6 atom stereocenters. The van der Waals surface area contributed by atoms with Gasteiger partial charge in [-0.05, 0) is 82.8 Å². The summed E-state index contributed by atoms with van der Waals surface area (Å²) in [4.78, 5) is 25.5. The molecule has 0 amide bonds. The Hall–Kier alpha value is -3.14. The van der Waals surface area contributed by atoms with Crippen molar-refractivity contribution in [3.8, 4) is 0 Å². The molecule has 0 N–H and O–H groups in total. The highest BCUT2D eigenvalue weighted by Gasteiger charge is 2.51. The molecule has 2 aliphatic carbocycles. The Labute approximate surface area is 205 Å². The minimum atomic E-state index is -0.338. The maximum absolute atomic E-state index is 13.3. The highest BCUT2D eigenvalue weighted by Crippen LogP contribution is 2.51. The largest absolute Gasteiger partial charge is 0.462 e. The van der Waals surface area contributed by atoms with Crippen LogP contribution in [0.5, 0.6) is 0 Å². The van der Waals surface area contributed by atoms with Crippen LogP contribution in [0, 0.1) is 23.7 Å².